The maximum absolute atomic E-state index is 8.81. The van der Waals surface area contributed by atoms with Gasteiger partial charge >= 0.3 is 0 Å². The van der Waals surface area contributed by atoms with E-state index in [2.05, 4.69) is 0 Å². The molecule has 0 radical (unpaired) electrons. The predicted octanol–water partition coefficient (Wildman–Crippen LogP) is 3.53. The first-order chi connectivity index (χ1) is 3.41. The Bertz CT molecular complexity index is 12.0. The Balaban J connectivity index is -0.00000000825. The number of hydrogen-bond donors (Lipinski definition) is 0. The van der Waals surface area contributed by atoms with Crippen molar-refractivity contribution in [2.45, 2.75) is 49.5 Å². The van der Waals surface area contributed by atoms with Crippen molar-refractivity contribution >= 4 is 6.29 Å². The summed E-state index contributed by atoms with van der Waals surface area (Å²) >= 11 is 0. The van der Waals surface area contributed by atoms with Crippen molar-refractivity contribution < 1.29 is 4.79 Å². The highest BCUT2D eigenvalue weighted by atomic mass is 16.1. The topological polar surface area (TPSA) is 17.1 Å². The first-order valence-electron chi connectivity index (χ1n) is 2.81. The standard InChI is InChI=1S/C2H4O.2C2H6.2CH4/c1-2-3;2*1-2;;/h2H,1H3;2*1-2H3;2*1H4. The van der Waals surface area contributed by atoms with Crippen LogP contribution in [-0.4, -0.2) is 6.29 Å². The van der Waals surface area contributed by atoms with Gasteiger partial charge in [0.25, 0.3) is 0 Å². The second-order valence-corrected chi connectivity index (χ2v) is 0.236. The number of carbonyl (C=O) groups excluding carboxylic acids is 1. The van der Waals surface area contributed by atoms with Crippen molar-refractivity contribution in [2.24, 2.45) is 0 Å². The lowest BCUT2D eigenvalue weighted by Crippen LogP contribution is -1.36. The maximum atomic E-state index is 8.81. The monoisotopic (exact) mass is 136 g/mol. The van der Waals surface area contributed by atoms with Crippen LogP contribution in [0.15, 0.2) is 0 Å². The first kappa shape index (κ1) is 37.9. The van der Waals surface area contributed by atoms with E-state index < -0.39 is 0 Å². The van der Waals surface area contributed by atoms with E-state index in [9.17, 15) is 0 Å². The highest BCUT2D eigenvalue weighted by molar-refractivity contribution is 5.44. The van der Waals surface area contributed by atoms with Crippen molar-refractivity contribution in [1.29, 1.82) is 0 Å². The molecule has 0 amide bonds. The van der Waals surface area contributed by atoms with E-state index in [-0.39, 0.29) is 14.9 Å². The molecular formula is C8H24O. The number of aldehydes is 1. The Hall–Kier alpha value is -0.330. The van der Waals surface area contributed by atoms with Gasteiger partial charge in [-0.3, -0.25) is 0 Å². The van der Waals surface area contributed by atoms with Gasteiger partial charge in [-0.25, -0.2) is 0 Å². The molecule has 9 heavy (non-hydrogen) atoms. The van der Waals surface area contributed by atoms with E-state index >= 15 is 0 Å². The summed E-state index contributed by atoms with van der Waals surface area (Å²) in [5.74, 6) is 0. The highest BCUT2D eigenvalue weighted by Crippen LogP contribution is 1.15. The fraction of sp³-hybridized carbons (Fsp3) is 0.875. The largest absolute Gasteiger partial charge is 0.304 e. The summed E-state index contributed by atoms with van der Waals surface area (Å²) in [6.07, 6.45) is 0.750. The van der Waals surface area contributed by atoms with Crippen LogP contribution in [0.5, 0.6) is 0 Å². The van der Waals surface area contributed by atoms with E-state index in [1.54, 1.807) is 0 Å². The molecule has 1 nitrogen and oxygen atoms in total. The SMILES string of the molecule is C.C.CC.CC.CC=O. The third-order valence-electron chi connectivity index (χ3n) is 0. The van der Waals surface area contributed by atoms with Crippen LogP contribution in [0.1, 0.15) is 49.5 Å². The van der Waals surface area contributed by atoms with Crippen LogP contribution >= 0.6 is 0 Å². The van der Waals surface area contributed by atoms with Crippen LogP contribution in [0.4, 0.5) is 0 Å². The van der Waals surface area contributed by atoms with Crippen LogP contribution in [-0.2, 0) is 4.79 Å². The molecule has 0 fully saturated rings. The van der Waals surface area contributed by atoms with Crippen LogP contribution in [0.3, 0.4) is 0 Å². The average molecular weight is 136 g/mol. The minimum Gasteiger partial charge on any atom is -0.304 e. The zero-order chi connectivity index (χ0) is 6.71. The molecule has 0 saturated heterocycles. The Kier molecular flexibility index (Phi) is 3200. The summed E-state index contributed by atoms with van der Waals surface area (Å²) in [6, 6.07) is 0. The molecule has 0 heterocycles. The van der Waals surface area contributed by atoms with Gasteiger partial charge in [-0.15, -0.1) is 0 Å². The number of rotatable bonds is 0. The van der Waals surface area contributed by atoms with Crippen LogP contribution in [0.25, 0.3) is 0 Å². The van der Waals surface area contributed by atoms with Crippen molar-refractivity contribution in [1.82, 2.24) is 0 Å². The zero-order valence-electron chi connectivity index (χ0n) is 5.99. The molecule has 0 aliphatic rings. The zero-order valence-corrected chi connectivity index (χ0v) is 5.99. The average Bonchev–Trinajstić information content (AvgIpc) is 1.78. The molecule has 0 bridgehead atoms. The highest BCUT2D eigenvalue weighted by Gasteiger charge is 1.24. The molecule has 0 rings (SSSR count). The van der Waals surface area contributed by atoms with Crippen molar-refractivity contribution in [3.8, 4) is 0 Å². The first-order valence-corrected chi connectivity index (χ1v) is 2.81. The van der Waals surface area contributed by atoms with Gasteiger partial charge in [0.05, 0.1) is 0 Å². The molecule has 1 heteroatoms. The van der Waals surface area contributed by atoms with E-state index in [1.807, 2.05) is 27.7 Å². The molecule has 62 valence electrons. The third kappa shape index (κ3) is 2260. The minimum absolute atomic E-state index is 0. The van der Waals surface area contributed by atoms with Gasteiger partial charge in [0.2, 0.25) is 0 Å². The van der Waals surface area contributed by atoms with Gasteiger partial charge in [-0.1, -0.05) is 42.5 Å². The lowest BCUT2D eigenvalue weighted by Gasteiger charge is -1.23. The molecule has 0 saturated carbocycles. The summed E-state index contributed by atoms with van der Waals surface area (Å²) in [6.45, 7) is 9.44. The molecule has 0 N–H and O–H groups in total. The molecule has 0 spiro atoms. The molecule has 0 aromatic carbocycles. The molecule has 0 unspecified atom stereocenters. The van der Waals surface area contributed by atoms with Crippen LogP contribution in [0, 0.1) is 0 Å². The van der Waals surface area contributed by atoms with Crippen molar-refractivity contribution in [3.63, 3.8) is 0 Å². The molecule has 0 aliphatic heterocycles. The Morgan fingerprint density at radius 3 is 0.889 bits per heavy atom. The van der Waals surface area contributed by atoms with Gasteiger partial charge < -0.3 is 4.79 Å². The van der Waals surface area contributed by atoms with Crippen LogP contribution in [0.2, 0.25) is 0 Å². The second kappa shape index (κ2) is 760. The third-order valence-corrected chi connectivity index (χ3v) is 0. The lowest BCUT2D eigenvalue weighted by atomic mass is 11.0. The Morgan fingerprint density at radius 1 is 0.889 bits per heavy atom. The quantitative estimate of drug-likeness (QED) is 0.466. The number of hydrogen-bond acceptors (Lipinski definition) is 1. The smallest absolute Gasteiger partial charge is 0.116 e. The van der Waals surface area contributed by atoms with E-state index in [1.165, 1.54) is 6.92 Å². The molecule has 0 atom stereocenters. The van der Waals surface area contributed by atoms with E-state index in [0.29, 0.717) is 0 Å². The lowest BCUT2D eigenvalue weighted by molar-refractivity contribution is -0.106. The fourth-order valence-electron chi connectivity index (χ4n) is 0. The molecule has 0 aromatic heterocycles. The Morgan fingerprint density at radius 2 is 0.889 bits per heavy atom. The summed E-state index contributed by atoms with van der Waals surface area (Å²) < 4.78 is 0. The minimum atomic E-state index is 0. The van der Waals surface area contributed by atoms with E-state index in [0.717, 1.165) is 6.29 Å². The molecule has 0 aliphatic carbocycles. The summed E-state index contributed by atoms with van der Waals surface area (Å²) in [7, 11) is 0. The normalized spacial score (nSPS) is 2.78. The van der Waals surface area contributed by atoms with Gasteiger partial charge in [0.1, 0.15) is 6.29 Å². The summed E-state index contributed by atoms with van der Waals surface area (Å²) in [5.41, 5.74) is 0. The second-order valence-electron chi connectivity index (χ2n) is 0.236. The van der Waals surface area contributed by atoms with Crippen molar-refractivity contribution in [3.05, 3.63) is 0 Å². The molecule has 0 aromatic rings. The van der Waals surface area contributed by atoms with E-state index in [4.69, 9.17) is 4.79 Å². The van der Waals surface area contributed by atoms with Gasteiger partial charge in [-0.2, -0.15) is 0 Å². The van der Waals surface area contributed by atoms with Gasteiger partial charge in [0, 0.05) is 0 Å². The fourth-order valence-corrected chi connectivity index (χ4v) is 0. The van der Waals surface area contributed by atoms with Crippen molar-refractivity contribution in [2.75, 3.05) is 0 Å². The van der Waals surface area contributed by atoms with Gasteiger partial charge in [-0.05, 0) is 6.92 Å². The molecular weight excluding hydrogens is 112 g/mol. The number of carbonyl (C=O) groups is 1. The maximum Gasteiger partial charge on any atom is 0.116 e. The summed E-state index contributed by atoms with van der Waals surface area (Å²) in [4.78, 5) is 8.81. The van der Waals surface area contributed by atoms with Crippen LogP contribution < -0.4 is 0 Å². The summed E-state index contributed by atoms with van der Waals surface area (Å²) in [5, 5.41) is 0. The van der Waals surface area contributed by atoms with Gasteiger partial charge in [0.15, 0.2) is 0 Å². The Labute approximate surface area is 61.5 Å². The predicted molar refractivity (Wildman–Crippen MR) is 47.9 cm³/mol.